The molecule has 2 aromatic heterocycles. The van der Waals surface area contributed by atoms with Crippen LogP contribution in [0.3, 0.4) is 0 Å². The van der Waals surface area contributed by atoms with E-state index in [1.807, 2.05) is 23.1 Å². The third-order valence-electron chi connectivity index (χ3n) is 4.45. The van der Waals surface area contributed by atoms with Gasteiger partial charge in [-0.25, -0.2) is 9.97 Å². The van der Waals surface area contributed by atoms with Crippen molar-refractivity contribution in [3.63, 3.8) is 0 Å². The molecular formula is C18H17N3OS2. The Hall–Kier alpha value is -1.92. The Labute approximate surface area is 148 Å². The van der Waals surface area contributed by atoms with Crippen molar-refractivity contribution in [3.05, 3.63) is 46.6 Å². The molecule has 0 spiro atoms. The summed E-state index contributed by atoms with van der Waals surface area (Å²) in [5, 5.41) is 2.00. The van der Waals surface area contributed by atoms with E-state index in [1.54, 1.807) is 17.7 Å². The first-order valence-corrected chi connectivity index (χ1v) is 9.67. The Kier molecular flexibility index (Phi) is 4.02. The lowest BCUT2D eigenvalue weighted by Crippen LogP contribution is -2.30. The first kappa shape index (κ1) is 15.6. The van der Waals surface area contributed by atoms with Crippen LogP contribution in [0.25, 0.3) is 10.2 Å². The summed E-state index contributed by atoms with van der Waals surface area (Å²) in [4.78, 5) is 25.6. The summed E-state index contributed by atoms with van der Waals surface area (Å²) < 4.78 is 0. The average Bonchev–Trinajstić information content (AvgIpc) is 3.15. The maximum atomic E-state index is 12.7. The summed E-state index contributed by atoms with van der Waals surface area (Å²) in [7, 11) is 0. The second-order valence-corrected chi connectivity index (χ2v) is 8.02. The lowest BCUT2D eigenvalue weighted by Gasteiger charge is -2.17. The molecule has 3 heterocycles. The molecule has 0 unspecified atom stereocenters. The number of thiophene rings is 1. The molecule has 24 heavy (non-hydrogen) atoms. The Morgan fingerprint density at radius 2 is 2.12 bits per heavy atom. The number of aromatic nitrogens is 2. The van der Waals surface area contributed by atoms with E-state index in [2.05, 4.69) is 29.9 Å². The van der Waals surface area contributed by atoms with Crippen LogP contribution < -0.4 is 4.90 Å². The first-order chi connectivity index (χ1) is 11.6. The van der Waals surface area contributed by atoms with E-state index < -0.39 is 0 Å². The molecule has 6 heteroatoms. The van der Waals surface area contributed by atoms with Gasteiger partial charge in [0.1, 0.15) is 16.2 Å². The smallest absolute Gasteiger partial charge is 0.237 e. The zero-order valence-electron chi connectivity index (χ0n) is 13.6. The molecule has 1 aliphatic rings. The van der Waals surface area contributed by atoms with Crippen molar-refractivity contribution in [2.45, 2.75) is 25.3 Å². The molecule has 0 saturated heterocycles. The summed E-state index contributed by atoms with van der Waals surface area (Å²) in [5.74, 6) is 0.538. The molecule has 1 aliphatic heterocycles. The molecule has 0 aliphatic carbocycles. The Morgan fingerprint density at radius 3 is 3.00 bits per heavy atom. The normalized spacial score (nSPS) is 13.5. The molecule has 3 aromatic rings. The number of fused-ring (bicyclic) bond motifs is 2. The highest BCUT2D eigenvalue weighted by Gasteiger charge is 2.24. The van der Waals surface area contributed by atoms with Gasteiger partial charge in [-0.1, -0.05) is 30.0 Å². The molecule has 1 amide bonds. The Bertz CT molecular complexity index is 935. The van der Waals surface area contributed by atoms with Gasteiger partial charge in [-0.15, -0.1) is 11.3 Å². The molecule has 4 rings (SSSR count). The van der Waals surface area contributed by atoms with Crippen LogP contribution in [0.2, 0.25) is 0 Å². The second kappa shape index (κ2) is 6.18. The van der Waals surface area contributed by atoms with Gasteiger partial charge in [-0.3, -0.25) is 4.79 Å². The van der Waals surface area contributed by atoms with Gasteiger partial charge in [-0.2, -0.15) is 0 Å². The molecule has 0 atom stereocenters. The van der Waals surface area contributed by atoms with Crippen molar-refractivity contribution in [3.8, 4) is 0 Å². The van der Waals surface area contributed by atoms with Crippen molar-refractivity contribution in [2.75, 3.05) is 17.2 Å². The molecule has 0 bridgehead atoms. The van der Waals surface area contributed by atoms with Crippen LogP contribution in [0.4, 0.5) is 5.69 Å². The highest BCUT2D eigenvalue weighted by Crippen LogP contribution is 2.35. The predicted molar refractivity (Wildman–Crippen MR) is 100 cm³/mol. The van der Waals surface area contributed by atoms with E-state index in [-0.39, 0.29) is 5.91 Å². The molecule has 0 N–H and O–H groups in total. The zero-order valence-corrected chi connectivity index (χ0v) is 15.2. The highest BCUT2D eigenvalue weighted by molar-refractivity contribution is 8.00. The molecule has 1 aromatic carbocycles. The topological polar surface area (TPSA) is 46.1 Å². The fraction of sp³-hybridized carbons (Fsp3) is 0.278. The van der Waals surface area contributed by atoms with Crippen molar-refractivity contribution < 1.29 is 4.79 Å². The summed E-state index contributed by atoms with van der Waals surface area (Å²) in [6.45, 7) is 4.97. The monoisotopic (exact) mass is 355 g/mol. The lowest BCUT2D eigenvalue weighted by atomic mass is 10.2. The fourth-order valence-electron chi connectivity index (χ4n) is 3.06. The maximum Gasteiger partial charge on any atom is 0.237 e. The highest BCUT2D eigenvalue weighted by atomic mass is 32.2. The summed E-state index contributed by atoms with van der Waals surface area (Å²) in [6.07, 6.45) is 2.53. The minimum Gasteiger partial charge on any atom is -0.311 e. The van der Waals surface area contributed by atoms with E-state index in [4.69, 9.17) is 0 Å². The van der Waals surface area contributed by atoms with Crippen LogP contribution in [0, 0.1) is 13.8 Å². The van der Waals surface area contributed by atoms with E-state index in [0.29, 0.717) is 5.75 Å². The van der Waals surface area contributed by atoms with Crippen LogP contribution in [0.1, 0.15) is 16.0 Å². The van der Waals surface area contributed by atoms with Crippen molar-refractivity contribution in [2.24, 2.45) is 0 Å². The maximum absolute atomic E-state index is 12.7. The number of carbonyl (C=O) groups is 1. The fourth-order valence-corrected chi connectivity index (χ4v) is 5.06. The minimum absolute atomic E-state index is 0.140. The van der Waals surface area contributed by atoms with Gasteiger partial charge in [0, 0.05) is 22.5 Å². The molecule has 122 valence electrons. The van der Waals surface area contributed by atoms with Crippen LogP contribution in [-0.4, -0.2) is 28.2 Å². The van der Waals surface area contributed by atoms with Gasteiger partial charge >= 0.3 is 0 Å². The third kappa shape index (κ3) is 2.59. The number of amides is 1. The van der Waals surface area contributed by atoms with Gasteiger partial charge in [0.05, 0.1) is 5.75 Å². The molecule has 0 radical (unpaired) electrons. The third-order valence-corrected chi connectivity index (χ3v) is 6.54. The van der Waals surface area contributed by atoms with E-state index in [1.165, 1.54) is 27.8 Å². The van der Waals surface area contributed by atoms with Crippen molar-refractivity contribution in [1.82, 2.24) is 9.97 Å². The second-order valence-electron chi connectivity index (χ2n) is 5.85. The van der Waals surface area contributed by atoms with E-state index in [0.717, 1.165) is 33.9 Å². The van der Waals surface area contributed by atoms with Crippen LogP contribution >= 0.6 is 23.1 Å². The number of nitrogens with zero attached hydrogens (tertiary/aromatic N) is 3. The Morgan fingerprint density at radius 1 is 1.29 bits per heavy atom. The number of hydrogen-bond donors (Lipinski definition) is 0. The number of anilines is 1. The van der Waals surface area contributed by atoms with Crippen molar-refractivity contribution in [1.29, 1.82) is 0 Å². The first-order valence-electron chi connectivity index (χ1n) is 7.87. The number of carbonyl (C=O) groups excluding carboxylic acids is 1. The zero-order chi connectivity index (χ0) is 16.7. The van der Waals surface area contributed by atoms with Crippen LogP contribution in [-0.2, 0) is 11.2 Å². The average molecular weight is 355 g/mol. The quantitative estimate of drug-likeness (QED) is 0.526. The standard InChI is InChI=1S/C18H17N3OS2/c1-11-12(2)24-18-16(11)17(19-10-20-18)23-9-15(22)21-8-7-13-5-3-4-6-14(13)21/h3-6,10H,7-9H2,1-2H3. The summed E-state index contributed by atoms with van der Waals surface area (Å²) in [6, 6.07) is 8.14. The van der Waals surface area contributed by atoms with E-state index in [9.17, 15) is 4.79 Å². The largest absolute Gasteiger partial charge is 0.311 e. The van der Waals surface area contributed by atoms with Gasteiger partial charge in [0.25, 0.3) is 0 Å². The van der Waals surface area contributed by atoms with Crippen LogP contribution in [0.15, 0.2) is 35.6 Å². The van der Waals surface area contributed by atoms with Gasteiger partial charge in [0.2, 0.25) is 5.91 Å². The lowest BCUT2D eigenvalue weighted by molar-refractivity contribution is -0.116. The molecule has 0 saturated carbocycles. The number of hydrogen-bond acceptors (Lipinski definition) is 5. The van der Waals surface area contributed by atoms with E-state index >= 15 is 0 Å². The van der Waals surface area contributed by atoms with Crippen LogP contribution in [0.5, 0.6) is 0 Å². The SMILES string of the molecule is Cc1sc2ncnc(SCC(=O)N3CCc4ccccc43)c2c1C. The minimum atomic E-state index is 0.140. The molecule has 4 nitrogen and oxygen atoms in total. The van der Waals surface area contributed by atoms with Crippen molar-refractivity contribution >= 4 is 44.9 Å². The summed E-state index contributed by atoms with van der Waals surface area (Å²) in [5.41, 5.74) is 3.53. The van der Waals surface area contributed by atoms with Gasteiger partial charge in [0.15, 0.2) is 0 Å². The van der Waals surface area contributed by atoms with Gasteiger partial charge < -0.3 is 4.90 Å². The number of aryl methyl sites for hydroxylation is 2. The number of thioether (sulfide) groups is 1. The predicted octanol–water partition coefficient (Wildman–Crippen LogP) is 3.99. The Balaban J connectivity index is 1.55. The molecular weight excluding hydrogens is 338 g/mol. The summed E-state index contributed by atoms with van der Waals surface area (Å²) >= 11 is 3.19. The van der Waals surface area contributed by atoms with Gasteiger partial charge in [-0.05, 0) is 37.5 Å². The number of para-hydroxylation sites is 1. The molecule has 0 fully saturated rings. The number of rotatable bonds is 3. The number of benzene rings is 1.